The molecule has 0 spiro atoms. The Balaban J connectivity index is 1.74. The molecule has 1 fully saturated rings. The molecular formula is C24H33FN3O9P. The number of aliphatic hydroxyl groups is 1. The number of alkyl halides is 1. The van der Waals surface area contributed by atoms with Crippen molar-refractivity contribution < 1.29 is 37.7 Å². The van der Waals surface area contributed by atoms with Crippen LogP contribution in [0, 0.1) is 6.92 Å². The molecule has 0 amide bonds. The maximum Gasteiger partial charge on any atom is 0.330 e. The van der Waals surface area contributed by atoms with Crippen molar-refractivity contribution in [2.75, 3.05) is 13.2 Å². The molecule has 1 aliphatic rings. The number of hydrogen-bond acceptors (Lipinski definition) is 9. The zero-order chi connectivity index (χ0) is 28.0. The number of H-pyrrole nitrogens is 1. The predicted molar refractivity (Wildman–Crippen MR) is 135 cm³/mol. The molecule has 1 aromatic carbocycles. The van der Waals surface area contributed by atoms with Gasteiger partial charge in [-0.15, -0.1) is 0 Å². The van der Waals surface area contributed by atoms with Crippen LogP contribution < -0.4 is 16.1 Å². The average Bonchev–Trinajstić information content (AvgIpc) is 3.10. The Labute approximate surface area is 219 Å². The monoisotopic (exact) mass is 557 g/mol. The fourth-order valence-corrected chi connectivity index (χ4v) is 4.74. The molecule has 14 heteroatoms. The second kappa shape index (κ2) is 12.8. The van der Waals surface area contributed by atoms with Crippen molar-refractivity contribution in [1.82, 2.24) is 14.4 Å². The van der Waals surface area contributed by atoms with Gasteiger partial charge in [-0.05, 0) is 39.3 Å². The molecule has 0 saturated carbocycles. The fourth-order valence-electron chi connectivity index (χ4n) is 3.70. The summed E-state index contributed by atoms with van der Waals surface area (Å²) in [7, 11) is -3.32. The average molecular weight is 558 g/mol. The molecule has 0 radical (unpaired) electrons. The number of ether oxygens (including phenoxy) is 2. The number of hydrogen-bond donors (Lipinski definition) is 2. The van der Waals surface area contributed by atoms with E-state index < -0.39 is 62.2 Å². The van der Waals surface area contributed by atoms with E-state index in [1.807, 2.05) is 18.8 Å². The van der Waals surface area contributed by atoms with Crippen molar-refractivity contribution in [1.29, 1.82) is 0 Å². The van der Waals surface area contributed by atoms with E-state index in [1.54, 1.807) is 24.3 Å². The minimum atomic E-state index is -3.32. The molecule has 0 bridgehead atoms. The van der Waals surface area contributed by atoms with Gasteiger partial charge in [0.1, 0.15) is 24.0 Å². The van der Waals surface area contributed by atoms with Crippen LogP contribution in [0.2, 0.25) is 0 Å². The molecule has 2 heterocycles. The van der Waals surface area contributed by atoms with E-state index in [1.165, 1.54) is 6.92 Å². The lowest BCUT2D eigenvalue weighted by Gasteiger charge is -2.27. The summed E-state index contributed by atoms with van der Waals surface area (Å²) in [5.74, 6) is -0.393. The number of carbonyl (C=O) groups is 1. The highest BCUT2D eigenvalue weighted by Gasteiger charge is 2.55. The van der Waals surface area contributed by atoms with E-state index in [4.69, 9.17) is 18.8 Å². The number of aromatic nitrogens is 2. The minimum Gasteiger partial charge on any atom is -0.464 e. The number of nitrogens with zero attached hydrogens (tertiary/aromatic N) is 2. The van der Waals surface area contributed by atoms with Gasteiger partial charge in [0.25, 0.3) is 13.7 Å². The van der Waals surface area contributed by atoms with Gasteiger partial charge in [-0.25, -0.2) is 9.18 Å². The number of rotatable bonds is 12. The van der Waals surface area contributed by atoms with Gasteiger partial charge in [0.05, 0.1) is 13.2 Å². The maximum atomic E-state index is 15.4. The molecule has 0 aliphatic carbocycles. The molecule has 1 saturated heterocycles. The quantitative estimate of drug-likeness (QED) is 0.172. The van der Waals surface area contributed by atoms with Crippen LogP contribution in [0.4, 0.5) is 4.39 Å². The number of benzene rings is 1. The Kier molecular flexibility index (Phi) is 10.0. The molecule has 3 rings (SSSR count). The molecule has 1 aromatic heterocycles. The summed E-state index contributed by atoms with van der Waals surface area (Å²) < 4.78 is 45.6. The largest absolute Gasteiger partial charge is 0.464 e. The number of aliphatic hydroxyl groups excluding tert-OH is 1. The van der Waals surface area contributed by atoms with E-state index in [9.17, 15) is 24.1 Å². The van der Waals surface area contributed by atoms with Crippen LogP contribution in [0.25, 0.3) is 0 Å². The van der Waals surface area contributed by atoms with Gasteiger partial charge in [-0.1, -0.05) is 35.9 Å². The number of unbranched alkanes of at least 4 members (excludes halogenated alkanes) is 1. The summed E-state index contributed by atoms with van der Waals surface area (Å²) in [6.45, 7) is 5.91. The first-order valence-electron chi connectivity index (χ1n) is 12.2. The van der Waals surface area contributed by atoms with E-state index in [2.05, 4.69) is 0 Å². The summed E-state index contributed by atoms with van der Waals surface area (Å²) in [4.78, 5) is 44.6. The maximum absolute atomic E-state index is 15.4. The highest BCUT2D eigenvalue weighted by Crippen LogP contribution is 2.42. The Morgan fingerprint density at radius 2 is 2.00 bits per heavy atom. The summed E-state index contributed by atoms with van der Waals surface area (Å²) in [6.07, 6.45) is -2.19. The van der Waals surface area contributed by atoms with Gasteiger partial charge in [0.2, 0.25) is 0 Å². The molecule has 12 nitrogen and oxygen atoms in total. The van der Waals surface area contributed by atoms with Gasteiger partial charge < -0.3 is 23.9 Å². The third-order valence-electron chi connectivity index (χ3n) is 6.03. The molecule has 2 unspecified atom stereocenters. The standard InChI is InChI=1S/C24H33FN3O9P/c1-5-6-13-34-21(31)16(3)28(37-17-9-7-15(2)8-10-17)38(33)35-14-18-20(30)24(4,25)22(36-18)27-12-11-19(29)26-23(27)32/h7-12,16,18,20,22,30,38H,5-6,13-14H2,1-4H3,(H,26,29,32)/t16?,18-,20-,22-,24-/m1/s1. The third-order valence-corrected chi connectivity index (χ3v) is 7.28. The van der Waals surface area contributed by atoms with E-state index >= 15 is 4.39 Å². The Morgan fingerprint density at radius 1 is 1.32 bits per heavy atom. The highest BCUT2D eigenvalue weighted by molar-refractivity contribution is 7.36. The smallest absolute Gasteiger partial charge is 0.330 e. The van der Waals surface area contributed by atoms with E-state index in [-0.39, 0.29) is 12.4 Å². The van der Waals surface area contributed by atoms with Crippen molar-refractivity contribution in [2.24, 2.45) is 0 Å². The zero-order valence-corrected chi connectivity index (χ0v) is 22.6. The number of halogens is 1. The van der Waals surface area contributed by atoms with Crippen molar-refractivity contribution >= 4 is 14.1 Å². The minimum absolute atomic E-state index is 0.183. The van der Waals surface area contributed by atoms with Gasteiger partial charge in [-0.3, -0.25) is 23.7 Å². The molecule has 1 aliphatic heterocycles. The van der Waals surface area contributed by atoms with E-state index in [0.29, 0.717) is 6.42 Å². The fraction of sp³-hybridized carbons (Fsp3) is 0.542. The first-order chi connectivity index (χ1) is 17.9. The van der Waals surface area contributed by atoms with Gasteiger partial charge in [-0.2, -0.15) is 0 Å². The molecule has 38 heavy (non-hydrogen) atoms. The highest BCUT2D eigenvalue weighted by atomic mass is 31.1. The number of aromatic amines is 1. The molecule has 6 atom stereocenters. The Hall–Kier alpha value is -2.83. The molecule has 210 valence electrons. The lowest BCUT2D eigenvalue weighted by molar-refractivity contribution is -0.155. The van der Waals surface area contributed by atoms with Crippen molar-refractivity contribution in [3.63, 3.8) is 0 Å². The van der Waals surface area contributed by atoms with Gasteiger partial charge >= 0.3 is 11.7 Å². The number of aryl methyl sites for hydroxylation is 1. The van der Waals surface area contributed by atoms with Crippen molar-refractivity contribution in [3.05, 3.63) is 62.9 Å². The second-order valence-electron chi connectivity index (χ2n) is 9.14. The van der Waals surface area contributed by atoms with Crippen LogP contribution in [-0.4, -0.2) is 62.6 Å². The Bertz CT molecular complexity index is 1230. The SMILES string of the molecule is CCCCOC(=O)C(C)N(Oc1ccc(C)cc1)[PH](=O)OC[C@H]1O[C@@H](n2ccc(=O)[nH]c2=O)[C@](C)(F)[C@@H]1O. The van der Waals surface area contributed by atoms with E-state index in [0.717, 1.165) is 40.6 Å². The van der Waals surface area contributed by atoms with Crippen LogP contribution in [0.5, 0.6) is 5.75 Å². The van der Waals surface area contributed by atoms with Crippen LogP contribution in [0.3, 0.4) is 0 Å². The Morgan fingerprint density at radius 3 is 2.63 bits per heavy atom. The van der Waals surface area contributed by atoms with Crippen LogP contribution >= 0.6 is 8.18 Å². The van der Waals surface area contributed by atoms with Gasteiger partial charge in [0.15, 0.2) is 11.9 Å². The number of hydroxylamine groups is 1. The predicted octanol–water partition coefficient (Wildman–Crippen LogP) is 2.27. The number of carbonyl (C=O) groups excluding carboxylic acids is 1. The van der Waals surface area contributed by atoms with Gasteiger partial charge in [0, 0.05) is 12.3 Å². The first kappa shape index (κ1) is 29.7. The number of esters is 1. The summed E-state index contributed by atoms with van der Waals surface area (Å²) in [6, 6.07) is 6.65. The lowest BCUT2D eigenvalue weighted by Crippen LogP contribution is -2.43. The molecular weight excluding hydrogens is 524 g/mol. The summed E-state index contributed by atoms with van der Waals surface area (Å²) >= 11 is 0. The van der Waals surface area contributed by atoms with Crippen LogP contribution in [0.15, 0.2) is 46.1 Å². The van der Waals surface area contributed by atoms with Crippen LogP contribution in [0.1, 0.15) is 45.4 Å². The summed E-state index contributed by atoms with van der Waals surface area (Å²) in [5, 5.41) is 10.5. The first-order valence-corrected chi connectivity index (χ1v) is 13.4. The topological polar surface area (TPSA) is 149 Å². The lowest BCUT2D eigenvalue weighted by atomic mass is 9.98. The summed E-state index contributed by atoms with van der Waals surface area (Å²) in [5.41, 5.74) is -3.11. The third kappa shape index (κ3) is 6.97. The second-order valence-corrected chi connectivity index (χ2v) is 10.4. The molecule has 2 N–H and O–H groups in total. The zero-order valence-electron chi connectivity index (χ0n) is 21.6. The van der Waals surface area contributed by atoms with Crippen LogP contribution in [-0.2, 0) is 23.4 Å². The number of nitrogens with one attached hydrogen (secondary N) is 1. The normalized spacial score (nSPS) is 24.8. The van der Waals surface area contributed by atoms with Crippen molar-refractivity contribution in [2.45, 2.75) is 70.7 Å². The van der Waals surface area contributed by atoms with Crippen molar-refractivity contribution in [3.8, 4) is 5.75 Å². The molecule has 2 aromatic rings.